The number of hydrogen-bond acceptors (Lipinski definition) is 3. The molecule has 5 aliphatic rings. The predicted molar refractivity (Wildman–Crippen MR) is 153 cm³/mol. The molecule has 3 nitrogen and oxygen atoms in total. The Balaban J connectivity index is 1.10. The number of rotatable bonds is 9. The van der Waals surface area contributed by atoms with Gasteiger partial charge in [0.05, 0.1) is 6.04 Å². The summed E-state index contributed by atoms with van der Waals surface area (Å²) in [5.41, 5.74) is 9.59. The third kappa shape index (κ3) is 4.95. The molecule has 0 heterocycles. The zero-order valence-electron chi connectivity index (χ0n) is 23.0. The zero-order chi connectivity index (χ0) is 25.4. The van der Waals surface area contributed by atoms with Crippen LogP contribution in [0.3, 0.4) is 0 Å². The van der Waals surface area contributed by atoms with E-state index in [0.29, 0.717) is 17.8 Å². The van der Waals surface area contributed by atoms with Crippen molar-refractivity contribution in [1.29, 1.82) is 0 Å². The van der Waals surface area contributed by atoms with Crippen molar-refractivity contribution < 1.29 is 4.79 Å². The van der Waals surface area contributed by atoms with Crippen molar-refractivity contribution in [3.05, 3.63) is 42.5 Å². The maximum Gasteiger partial charge on any atom is 0.137 e. The second-order valence-corrected chi connectivity index (χ2v) is 13.8. The first-order chi connectivity index (χ1) is 18.1. The van der Waals surface area contributed by atoms with Crippen LogP contribution in [-0.4, -0.2) is 18.9 Å². The number of nitrogens with two attached hydrogens (primary N) is 1. The molecule has 6 rings (SSSR count). The smallest absolute Gasteiger partial charge is 0.137 e. The number of allylic oxidation sites excluding steroid dienone is 1. The molecule has 0 radical (unpaired) electrons. The molecule has 0 saturated heterocycles. The van der Waals surface area contributed by atoms with Crippen LogP contribution < -0.4 is 11.1 Å². The van der Waals surface area contributed by atoms with Gasteiger partial charge in [-0.3, -0.25) is 0 Å². The summed E-state index contributed by atoms with van der Waals surface area (Å²) in [6, 6.07) is 10.3. The minimum atomic E-state index is -0.278. The maximum absolute atomic E-state index is 12.2. The Morgan fingerprint density at radius 3 is 2.54 bits per heavy atom. The monoisotopic (exact) mass is 502 g/mol. The van der Waals surface area contributed by atoms with Crippen LogP contribution in [0, 0.1) is 52.8 Å². The van der Waals surface area contributed by atoms with E-state index in [4.69, 9.17) is 5.73 Å². The molecule has 9 atom stereocenters. The molecule has 0 aliphatic heterocycles. The molecule has 1 aromatic rings. The van der Waals surface area contributed by atoms with Gasteiger partial charge in [0, 0.05) is 12.2 Å². The van der Waals surface area contributed by atoms with Crippen LogP contribution in [0.15, 0.2) is 42.5 Å². The van der Waals surface area contributed by atoms with Gasteiger partial charge in [0.15, 0.2) is 0 Å². The molecular formula is C34H50N2O. The Hall–Kier alpha value is -1.61. The molecule has 5 fully saturated rings. The number of hydrogen-bond donors (Lipinski definition) is 2. The summed E-state index contributed by atoms with van der Waals surface area (Å²) in [7, 11) is 0. The van der Waals surface area contributed by atoms with Crippen molar-refractivity contribution in [2.75, 3.05) is 11.9 Å². The largest absolute Gasteiger partial charge is 0.385 e. The van der Waals surface area contributed by atoms with E-state index in [9.17, 15) is 4.79 Å². The molecule has 0 bridgehead atoms. The van der Waals surface area contributed by atoms with Crippen LogP contribution >= 0.6 is 0 Å². The van der Waals surface area contributed by atoms with Crippen LogP contribution in [-0.2, 0) is 4.79 Å². The van der Waals surface area contributed by atoms with Gasteiger partial charge in [-0.2, -0.15) is 0 Å². The number of para-hydroxylation sites is 1. The van der Waals surface area contributed by atoms with E-state index in [0.717, 1.165) is 42.4 Å². The van der Waals surface area contributed by atoms with Gasteiger partial charge >= 0.3 is 0 Å². The lowest BCUT2D eigenvalue weighted by Gasteiger charge is -2.29. The van der Waals surface area contributed by atoms with Gasteiger partial charge in [0.1, 0.15) is 6.29 Å². The average Bonchev–Trinajstić information content (AvgIpc) is 3.21. The Morgan fingerprint density at radius 1 is 0.973 bits per heavy atom. The molecule has 3 heteroatoms. The molecule has 37 heavy (non-hydrogen) atoms. The molecule has 5 aliphatic carbocycles. The summed E-state index contributed by atoms with van der Waals surface area (Å²) in [6.07, 6.45) is 19.9. The number of nitrogens with one attached hydrogen (secondary N) is 1. The lowest BCUT2D eigenvalue weighted by Crippen LogP contribution is -2.37. The zero-order valence-corrected chi connectivity index (χ0v) is 23.0. The van der Waals surface area contributed by atoms with Gasteiger partial charge in [-0.25, -0.2) is 0 Å². The van der Waals surface area contributed by atoms with Crippen molar-refractivity contribution in [3.63, 3.8) is 0 Å². The highest BCUT2D eigenvalue weighted by molar-refractivity contribution is 5.61. The fourth-order valence-corrected chi connectivity index (χ4v) is 10.2. The fourth-order valence-electron chi connectivity index (χ4n) is 10.2. The minimum Gasteiger partial charge on any atom is -0.385 e. The van der Waals surface area contributed by atoms with Crippen LogP contribution in [0.1, 0.15) is 89.9 Å². The summed E-state index contributed by atoms with van der Waals surface area (Å²) < 4.78 is 0. The Morgan fingerprint density at radius 2 is 1.76 bits per heavy atom. The van der Waals surface area contributed by atoms with E-state index >= 15 is 0 Å². The Labute approximate surface area is 225 Å². The van der Waals surface area contributed by atoms with Gasteiger partial charge in [-0.1, -0.05) is 68.9 Å². The van der Waals surface area contributed by atoms with Crippen molar-refractivity contribution in [3.8, 4) is 0 Å². The molecular weight excluding hydrogens is 452 g/mol. The highest BCUT2D eigenvalue weighted by Crippen LogP contribution is 2.74. The second kappa shape index (κ2) is 10.9. The standard InChI is InChI=1S/C34H50N2O/c1-23-12-15-31-33(30-20-27(19-29(23)30)26-8-4-2-5-9-26)34(31,32(35)22-37)17-16-24-13-14-25(18-24)21-36-28-10-6-3-7-11-28/h3,6-7,10-11,22,24-27,29-33,36H,1-2,4-5,8-9,12-21,35H2. The topological polar surface area (TPSA) is 55.1 Å². The maximum atomic E-state index is 12.2. The van der Waals surface area contributed by atoms with Crippen molar-refractivity contribution in [2.24, 2.45) is 58.5 Å². The van der Waals surface area contributed by atoms with Crippen LogP contribution in [0.4, 0.5) is 5.69 Å². The van der Waals surface area contributed by atoms with Gasteiger partial charge < -0.3 is 15.8 Å². The molecule has 5 saturated carbocycles. The van der Waals surface area contributed by atoms with E-state index in [-0.39, 0.29) is 11.5 Å². The number of carbonyl (C=O) groups is 1. The fraction of sp³-hybridized carbons (Fsp3) is 0.735. The third-order valence-electron chi connectivity index (χ3n) is 12.1. The van der Waals surface area contributed by atoms with E-state index in [1.165, 1.54) is 101 Å². The first-order valence-corrected chi connectivity index (χ1v) is 15.8. The quantitative estimate of drug-likeness (QED) is 0.270. The second-order valence-electron chi connectivity index (χ2n) is 13.8. The first kappa shape index (κ1) is 25.7. The van der Waals surface area contributed by atoms with Crippen LogP contribution in [0.5, 0.6) is 0 Å². The summed E-state index contributed by atoms with van der Waals surface area (Å²) in [4.78, 5) is 12.2. The van der Waals surface area contributed by atoms with Crippen LogP contribution in [0.25, 0.3) is 0 Å². The van der Waals surface area contributed by atoms with Gasteiger partial charge in [0.25, 0.3) is 0 Å². The molecule has 202 valence electrons. The number of fused-ring (bicyclic) bond motifs is 3. The third-order valence-corrected chi connectivity index (χ3v) is 12.1. The van der Waals surface area contributed by atoms with Crippen molar-refractivity contribution >= 4 is 12.0 Å². The van der Waals surface area contributed by atoms with E-state index < -0.39 is 0 Å². The molecule has 9 unspecified atom stereocenters. The molecule has 1 aromatic carbocycles. The summed E-state index contributed by atoms with van der Waals surface area (Å²) >= 11 is 0. The van der Waals surface area contributed by atoms with E-state index in [1.54, 1.807) is 0 Å². The van der Waals surface area contributed by atoms with Crippen molar-refractivity contribution in [1.82, 2.24) is 0 Å². The number of benzene rings is 1. The van der Waals surface area contributed by atoms with E-state index in [2.05, 4.69) is 42.2 Å². The molecule has 0 amide bonds. The SMILES string of the molecule is C=C1CCC2C(C3CC(C4CCCCC4)CC13)C2(CCC1CCC(CNc2ccccc2)C1)C(N)C=O. The predicted octanol–water partition coefficient (Wildman–Crippen LogP) is 7.63. The van der Waals surface area contributed by atoms with Crippen LogP contribution in [0.2, 0.25) is 0 Å². The highest BCUT2D eigenvalue weighted by Gasteiger charge is 2.70. The van der Waals surface area contributed by atoms with Gasteiger partial charge in [0.2, 0.25) is 0 Å². The van der Waals surface area contributed by atoms with Gasteiger partial charge in [-0.15, -0.1) is 0 Å². The normalized spacial score (nSPS) is 40.5. The number of aldehydes is 1. The number of carbonyl (C=O) groups excluding carboxylic acids is 1. The molecule has 0 aromatic heterocycles. The molecule has 3 N–H and O–H groups in total. The van der Waals surface area contributed by atoms with Crippen molar-refractivity contribution in [2.45, 2.75) is 95.9 Å². The highest BCUT2D eigenvalue weighted by atomic mass is 16.1. The molecule has 0 spiro atoms. The number of anilines is 1. The summed E-state index contributed by atoms with van der Waals surface area (Å²) in [5, 5.41) is 3.65. The Bertz CT molecular complexity index is 938. The summed E-state index contributed by atoms with van der Waals surface area (Å²) in [6.45, 7) is 5.70. The first-order valence-electron chi connectivity index (χ1n) is 15.8. The Kier molecular flexibility index (Phi) is 7.54. The lowest BCUT2D eigenvalue weighted by atomic mass is 9.77. The summed E-state index contributed by atoms with van der Waals surface area (Å²) in [5.74, 6) is 6.16. The average molecular weight is 503 g/mol. The van der Waals surface area contributed by atoms with Gasteiger partial charge in [-0.05, 0) is 116 Å². The van der Waals surface area contributed by atoms with E-state index in [1.807, 2.05) is 0 Å². The lowest BCUT2D eigenvalue weighted by molar-refractivity contribution is -0.110. The minimum absolute atomic E-state index is 0.0766.